The minimum Gasteiger partial charge on any atom is -0.479 e. The van der Waals surface area contributed by atoms with E-state index in [9.17, 15) is 4.79 Å². The summed E-state index contributed by atoms with van der Waals surface area (Å²) in [6, 6.07) is 0. The summed E-state index contributed by atoms with van der Waals surface area (Å²) in [5, 5.41) is 8.78. The van der Waals surface area contributed by atoms with Gasteiger partial charge in [-0.3, -0.25) is 0 Å². The molecule has 0 aromatic carbocycles. The van der Waals surface area contributed by atoms with E-state index in [1.165, 1.54) is 0 Å². The van der Waals surface area contributed by atoms with E-state index >= 15 is 0 Å². The molecule has 0 fully saturated rings. The third-order valence-electron chi connectivity index (χ3n) is 2.09. The maximum absolute atomic E-state index is 10.7. The average molecular weight is 280 g/mol. The highest BCUT2D eigenvalue weighted by Crippen LogP contribution is 1.94. The minimum absolute atomic E-state index is 0.0247. The first-order valence-corrected chi connectivity index (χ1v) is 6.29. The lowest BCUT2D eigenvalue weighted by Crippen LogP contribution is -2.29. The largest absolute Gasteiger partial charge is 0.479 e. The van der Waals surface area contributed by atoms with Crippen LogP contribution in [0, 0.1) is 0 Å². The molecule has 7 heteroatoms. The van der Waals surface area contributed by atoms with E-state index in [0.29, 0.717) is 46.2 Å². The summed E-state index contributed by atoms with van der Waals surface area (Å²) in [6.45, 7) is 4.92. The van der Waals surface area contributed by atoms with E-state index in [4.69, 9.17) is 28.8 Å². The van der Waals surface area contributed by atoms with Gasteiger partial charge in [0.2, 0.25) is 0 Å². The van der Waals surface area contributed by atoms with Crippen LogP contribution in [-0.2, 0) is 28.5 Å². The molecule has 0 saturated heterocycles. The summed E-state index contributed by atoms with van der Waals surface area (Å²) in [5.74, 6) is -1.02. The Kier molecular flexibility index (Phi) is 13.2. The predicted molar refractivity (Wildman–Crippen MR) is 67.4 cm³/mol. The molecule has 114 valence electrons. The van der Waals surface area contributed by atoms with Crippen molar-refractivity contribution in [2.24, 2.45) is 0 Å². The van der Waals surface area contributed by atoms with Crippen molar-refractivity contribution in [2.45, 2.75) is 13.0 Å². The Hall–Kier alpha value is -0.730. The summed E-state index contributed by atoms with van der Waals surface area (Å²) < 4.78 is 25.4. The number of carboxylic acids is 1. The minimum atomic E-state index is -1.02. The highest BCUT2D eigenvalue weighted by molar-refractivity contribution is 5.72. The summed E-state index contributed by atoms with van der Waals surface area (Å²) >= 11 is 0. The Morgan fingerprint density at radius 3 is 2.00 bits per heavy atom. The van der Waals surface area contributed by atoms with E-state index in [1.807, 2.05) is 0 Å². The molecule has 1 atom stereocenters. The van der Waals surface area contributed by atoms with Gasteiger partial charge in [-0.15, -0.1) is 0 Å². The van der Waals surface area contributed by atoms with Gasteiger partial charge in [-0.2, -0.15) is 0 Å². The number of rotatable bonds is 14. The molecule has 0 radical (unpaired) electrons. The quantitative estimate of drug-likeness (QED) is 0.454. The fraction of sp³-hybridized carbons (Fsp3) is 0.917. The number of carbonyl (C=O) groups is 1. The van der Waals surface area contributed by atoms with Crippen LogP contribution in [0.25, 0.3) is 0 Å². The van der Waals surface area contributed by atoms with Gasteiger partial charge in [-0.25, -0.2) is 4.79 Å². The summed E-state index contributed by atoms with van der Waals surface area (Å²) in [4.78, 5) is 10.7. The van der Waals surface area contributed by atoms with Crippen LogP contribution in [0.2, 0.25) is 0 Å². The van der Waals surface area contributed by atoms with Crippen molar-refractivity contribution >= 4 is 5.97 Å². The number of carboxylic acid groups (broad SMARTS) is 1. The van der Waals surface area contributed by atoms with E-state index in [1.54, 1.807) is 14.0 Å². The first-order chi connectivity index (χ1) is 9.22. The molecule has 0 aliphatic carbocycles. The van der Waals surface area contributed by atoms with E-state index in [2.05, 4.69) is 0 Å². The number of methoxy groups -OCH3 is 1. The van der Waals surface area contributed by atoms with Crippen LogP contribution < -0.4 is 0 Å². The molecule has 1 N–H and O–H groups in total. The summed E-state index contributed by atoms with van der Waals surface area (Å²) in [6.07, 6.45) is -0.914. The van der Waals surface area contributed by atoms with Crippen LogP contribution in [0.5, 0.6) is 0 Å². The molecule has 1 unspecified atom stereocenters. The van der Waals surface area contributed by atoms with Gasteiger partial charge in [0, 0.05) is 13.7 Å². The van der Waals surface area contributed by atoms with Crippen LogP contribution in [0.1, 0.15) is 6.92 Å². The molecular formula is C12H24O7. The lowest BCUT2D eigenvalue weighted by Gasteiger charge is -2.12. The van der Waals surface area contributed by atoms with Crippen molar-refractivity contribution in [2.75, 3.05) is 60.0 Å². The monoisotopic (exact) mass is 280 g/mol. The van der Waals surface area contributed by atoms with Crippen molar-refractivity contribution in [1.82, 2.24) is 0 Å². The van der Waals surface area contributed by atoms with E-state index in [0.717, 1.165) is 0 Å². The maximum Gasteiger partial charge on any atom is 0.335 e. The molecule has 19 heavy (non-hydrogen) atoms. The molecule has 0 amide bonds. The van der Waals surface area contributed by atoms with Crippen molar-refractivity contribution in [3.63, 3.8) is 0 Å². The standard InChI is InChI=1S/C12H24O7/c1-3-19-11(12(13)14)10-18-9-8-17-7-6-16-5-4-15-2/h11H,3-10H2,1-2H3,(H,13,14). The Balaban J connectivity index is 3.27. The molecule has 0 saturated carbocycles. The van der Waals surface area contributed by atoms with E-state index in [-0.39, 0.29) is 6.61 Å². The zero-order valence-corrected chi connectivity index (χ0v) is 11.6. The van der Waals surface area contributed by atoms with Crippen molar-refractivity contribution < 1.29 is 33.6 Å². The molecule has 0 aliphatic heterocycles. The molecule has 0 heterocycles. The second-order valence-electron chi connectivity index (χ2n) is 3.57. The lowest BCUT2D eigenvalue weighted by atomic mass is 10.4. The lowest BCUT2D eigenvalue weighted by molar-refractivity contribution is -0.154. The van der Waals surface area contributed by atoms with Gasteiger partial charge in [0.05, 0.1) is 46.2 Å². The van der Waals surface area contributed by atoms with Crippen LogP contribution in [0.4, 0.5) is 0 Å². The molecule has 0 aliphatic rings. The molecule has 0 bridgehead atoms. The summed E-state index contributed by atoms with van der Waals surface area (Å²) in [5.41, 5.74) is 0. The predicted octanol–water partition coefficient (Wildman–Crippen LogP) is 0.172. The SMILES string of the molecule is CCOC(COCCOCCOCCOC)C(=O)O. The number of hydrogen-bond acceptors (Lipinski definition) is 6. The molecular weight excluding hydrogens is 256 g/mol. The molecule has 0 aromatic heterocycles. The maximum atomic E-state index is 10.7. The van der Waals surface area contributed by atoms with Crippen molar-refractivity contribution in [3.8, 4) is 0 Å². The Bertz CT molecular complexity index is 210. The van der Waals surface area contributed by atoms with Gasteiger partial charge >= 0.3 is 5.97 Å². The van der Waals surface area contributed by atoms with Gasteiger partial charge in [0.25, 0.3) is 0 Å². The van der Waals surface area contributed by atoms with Crippen molar-refractivity contribution in [3.05, 3.63) is 0 Å². The summed E-state index contributed by atoms with van der Waals surface area (Å²) in [7, 11) is 1.61. The topological polar surface area (TPSA) is 83.5 Å². The molecule has 0 rings (SSSR count). The van der Waals surface area contributed by atoms with Gasteiger partial charge in [-0.05, 0) is 6.92 Å². The van der Waals surface area contributed by atoms with Crippen LogP contribution >= 0.6 is 0 Å². The first-order valence-electron chi connectivity index (χ1n) is 6.29. The van der Waals surface area contributed by atoms with Gasteiger partial charge in [0.1, 0.15) is 0 Å². The number of hydrogen-bond donors (Lipinski definition) is 1. The van der Waals surface area contributed by atoms with Crippen LogP contribution in [-0.4, -0.2) is 77.1 Å². The Labute approximate surface area is 113 Å². The second kappa shape index (κ2) is 13.7. The Morgan fingerprint density at radius 2 is 1.53 bits per heavy atom. The zero-order valence-electron chi connectivity index (χ0n) is 11.6. The second-order valence-corrected chi connectivity index (χ2v) is 3.57. The molecule has 0 aromatic rings. The molecule has 0 spiro atoms. The fourth-order valence-electron chi connectivity index (χ4n) is 1.16. The van der Waals surface area contributed by atoms with E-state index < -0.39 is 12.1 Å². The first kappa shape index (κ1) is 18.3. The normalized spacial score (nSPS) is 12.5. The van der Waals surface area contributed by atoms with Gasteiger partial charge in [0.15, 0.2) is 6.10 Å². The highest BCUT2D eigenvalue weighted by Gasteiger charge is 2.16. The number of aliphatic carboxylic acids is 1. The fourth-order valence-corrected chi connectivity index (χ4v) is 1.16. The smallest absolute Gasteiger partial charge is 0.335 e. The van der Waals surface area contributed by atoms with Gasteiger partial charge < -0.3 is 28.8 Å². The molecule has 7 nitrogen and oxygen atoms in total. The third kappa shape index (κ3) is 12.1. The van der Waals surface area contributed by atoms with Crippen LogP contribution in [0.3, 0.4) is 0 Å². The highest BCUT2D eigenvalue weighted by atomic mass is 16.6. The van der Waals surface area contributed by atoms with Crippen LogP contribution in [0.15, 0.2) is 0 Å². The zero-order chi connectivity index (χ0) is 14.3. The van der Waals surface area contributed by atoms with Crippen molar-refractivity contribution in [1.29, 1.82) is 0 Å². The number of ether oxygens (including phenoxy) is 5. The third-order valence-corrected chi connectivity index (χ3v) is 2.09. The van der Waals surface area contributed by atoms with Gasteiger partial charge in [-0.1, -0.05) is 0 Å². The average Bonchev–Trinajstić information content (AvgIpc) is 2.39. The Morgan fingerprint density at radius 1 is 1.00 bits per heavy atom.